The molecule has 0 saturated heterocycles. The van der Waals surface area contributed by atoms with Gasteiger partial charge in [-0.3, -0.25) is 0 Å². The van der Waals surface area contributed by atoms with Crippen LogP contribution in [-0.2, 0) is 12.8 Å². The van der Waals surface area contributed by atoms with Crippen molar-refractivity contribution in [3.05, 3.63) is 71.2 Å². The fourth-order valence-corrected chi connectivity index (χ4v) is 3.15. The van der Waals surface area contributed by atoms with Gasteiger partial charge in [-0.15, -0.1) is 0 Å². The number of nitrogens with zero attached hydrogens (tertiary/aromatic N) is 3. The third-order valence-corrected chi connectivity index (χ3v) is 4.36. The lowest BCUT2D eigenvalue weighted by atomic mass is 10.0. The minimum absolute atomic E-state index is 0.0673. The molecule has 3 rings (SSSR count). The van der Waals surface area contributed by atoms with Gasteiger partial charge in [0.15, 0.2) is 0 Å². The quantitative estimate of drug-likeness (QED) is 0.759. The highest BCUT2D eigenvalue weighted by Gasteiger charge is 2.19. The minimum atomic E-state index is -0.0673. The van der Waals surface area contributed by atoms with Crippen LogP contribution < -0.4 is 5.73 Å². The van der Waals surface area contributed by atoms with E-state index in [0.717, 1.165) is 36.4 Å². The molecule has 0 aliphatic carbocycles. The Balaban J connectivity index is 1.99. The molecule has 0 radical (unpaired) electrons. The van der Waals surface area contributed by atoms with Crippen LogP contribution in [0.3, 0.4) is 0 Å². The van der Waals surface area contributed by atoms with E-state index in [0.29, 0.717) is 0 Å². The van der Waals surface area contributed by atoms with E-state index in [2.05, 4.69) is 46.7 Å². The van der Waals surface area contributed by atoms with Crippen LogP contribution in [0.25, 0.3) is 5.65 Å². The maximum absolute atomic E-state index is 6.50. The van der Waals surface area contributed by atoms with Crippen molar-refractivity contribution in [3.63, 3.8) is 0 Å². The molecule has 0 saturated carbocycles. The van der Waals surface area contributed by atoms with Crippen LogP contribution in [0.4, 0.5) is 0 Å². The van der Waals surface area contributed by atoms with E-state index in [4.69, 9.17) is 10.7 Å². The number of hydrogen-bond acceptors (Lipinski definition) is 3. The molecule has 2 aromatic heterocycles. The average molecular weight is 322 g/mol. The topological polar surface area (TPSA) is 46.6 Å². The Kier molecular flexibility index (Phi) is 4.97. The smallest absolute Gasteiger partial charge is 0.137 e. The Labute approximate surface area is 143 Å². The number of fused-ring (bicyclic) bond motifs is 1. The summed E-state index contributed by atoms with van der Waals surface area (Å²) >= 11 is 0. The van der Waals surface area contributed by atoms with Crippen LogP contribution in [0.15, 0.2) is 48.7 Å². The van der Waals surface area contributed by atoms with Crippen LogP contribution in [0.1, 0.15) is 35.5 Å². The van der Waals surface area contributed by atoms with Crippen molar-refractivity contribution in [2.45, 2.75) is 25.8 Å². The molecule has 4 heteroatoms. The zero-order chi connectivity index (χ0) is 17.1. The molecule has 1 atom stereocenters. The second-order valence-corrected chi connectivity index (χ2v) is 6.59. The first-order chi connectivity index (χ1) is 11.6. The number of rotatable bonds is 6. The molecule has 1 aromatic carbocycles. The standard InChI is InChI=1S/C20H26N4/c1-4-15-8-10-16(11-9-15)13-18-20(17(21)14-23(2)3)24-12-6-5-7-19(24)22-18/h5-12,17H,4,13-14,21H2,1-3H3. The minimum Gasteiger partial charge on any atom is -0.322 e. The highest BCUT2D eigenvalue weighted by atomic mass is 15.1. The van der Waals surface area contributed by atoms with E-state index in [1.807, 2.05) is 32.3 Å². The first-order valence-corrected chi connectivity index (χ1v) is 8.52. The molecule has 126 valence electrons. The van der Waals surface area contributed by atoms with Crippen molar-refractivity contribution in [2.75, 3.05) is 20.6 Å². The highest BCUT2D eigenvalue weighted by Crippen LogP contribution is 2.22. The van der Waals surface area contributed by atoms with Crippen LogP contribution >= 0.6 is 0 Å². The number of imidazole rings is 1. The molecular formula is C20H26N4. The Morgan fingerprint density at radius 2 is 1.79 bits per heavy atom. The van der Waals surface area contributed by atoms with Gasteiger partial charge in [0, 0.05) is 19.2 Å². The lowest BCUT2D eigenvalue weighted by Crippen LogP contribution is -2.27. The molecule has 4 nitrogen and oxygen atoms in total. The Hall–Kier alpha value is -2.17. The van der Waals surface area contributed by atoms with Gasteiger partial charge in [0.2, 0.25) is 0 Å². The fourth-order valence-electron chi connectivity index (χ4n) is 3.15. The number of aryl methyl sites for hydroxylation is 1. The summed E-state index contributed by atoms with van der Waals surface area (Å²) in [5, 5.41) is 0. The number of pyridine rings is 1. The van der Waals surface area contributed by atoms with Crippen LogP contribution in [0.2, 0.25) is 0 Å². The van der Waals surface area contributed by atoms with Gasteiger partial charge < -0.3 is 15.0 Å². The highest BCUT2D eigenvalue weighted by molar-refractivity contribution is 5.45. The second kappa shape index (κ2) is 7.16. The molecule has 24 heavy (non-hydrogen) atoms. The molecule has 0 aliphatic heterocycles. The fraction of sp³-hybridized carbons (Fsp3) is 0.350. The van der Waals surface area contributed by atoms with Crippen molar-refractivity contribution < 1.29 is 0 Å². The molecular weight excluding hydrogens is 296 g/mol. The average Bonchev–Trinajstić information content (AvgIpc) is 2.92. The zero-order valence-corrected chi connectivity index (χ0v) is 14.7. The van der Waals surface area contributed by atoms with Gasteiger partial charge in [-0.25, -0.2) is 4.98 Å². The van der Waals surface area contributed by atoms with Gasteiger partial charge in [-0.2, -0.15) is 0 Å². The van der Waals surface area contributed by atoms with Crippen molar-refractivity contribution >= 4 is 5.65 Å². The van der Waals surface area contributed by atoms with E-state index in [-0.39, 0.29) is 6.04 Å². The van der Waals surface area contributed by atoms with Crippen molar-refractivity contribution in [3.8, 4) is 0 Å². The summed E-state index contributed by atoms with van der Waals surface area (Å²) in [7, 11) is 4.10. The number of benzene rings is 1. The lowest BCUT2D eigenvalue weighted by molar-refractivity contribution is 0.372. The molecule has 2 N–H and O–H groups in total. The number of likely N-dealkylation sites (N-methyl/N-ethyl adjacent to an activating group) is 1. The summed E-state index contributed by atoms with van der Waals surface area (Å²) in [5.74, 6) is 0. The molecule has 3 aromatic rings. The van der Waals surface area contributed by atoms with Crippen LogP contribution in [0, 0.1) is 0 Å². The summed E-state index contributed by atoms with van der Waals surface area (Å²) < 4.78 is 2.13. The summed E-state index contributed by atoms with van der Waals surface area (Å²) in [6, 6.07) is 14.8. The summed E-state index contributed by atoms with van der Waals surface area (Å²) in [4.78, 5) is 6.96. The second-order valence-electron chi connectivity index (χ2n) is 6.59. The molecule has 0 bridgehead atoms. The van der Waals surface area contributed by atoms with Crippen molar-refractivity contribution in [1.29, 1.82) is 0 Å². The van der Waals surface area contributed by atoms with Gasteiger partial charge >= 0.3 is 0 Å². The third kappa shape index (κ3) is 3.50. The molecule has 0 amide bonds. The van der Waals surface area contributed by atoms with Gasteiger partial charge in [-0.05, 0) is 43.8 Å². The predicted molar refractivity (Wildman–Crippen MR) is 99.3 cm³/mol. The Morgan fingerprint density at radius 3 is 2.46 bits per heavy atom. The first-order valence-electron chi connectivity index (χ1n) is 8.52. The summed E-state index contributed by atoms with van der Waals surface area (Å²) in [6.07, 6.45) is 3.92. The molecule has 0 fully saturated rings. The van der Waals surface area contributed by atoms with Crippen LogP contribution in [0.5, 0.6) is 0 Å². The van der Waals surface area contributed by atoms with Gasteiger partial charge in [-0.1, -0.05) is 37.3 Å². The van der Waals surface area contributed by atoms with Crippen molar-refractivity contribution in [2.24, 2.45) is 5.73 Å². The van der Waals surface area contributed by atoms with E-state index in [1.54, 1.807) is 0 Å². The normalized spacial score (nSPS) is 12.9. The largest absolute Gasteiger partial charge is 0.322 e. The first kappa shape index (κ1) is 16.7. The van der Waals surface area contributed by atoms with Gasteiger partial charge in [0.25, 0.3) is 0 Å². The van der Waals surface area contributed by atoms with Gasteiger partial charge in [0.05, 0.1) is 17.4 Å². The van der Waals surface area contributed by atoms with E-state index < -0.39 is 0 Å². The SMILES string of the molecule is CCc1ccc(Cc2nc3ccccn3c2C(N)CN(C)C)cc1. The van der Waals surface area contributed by atoms with E-state index in [9.17, 15) is 0 Å². The molecule has 2 heterocycles. The molecule has 0 spiro atoms. The molecule has 1 unspecified atom stereocenters. The van der Waals surface area contributed by atoms with Crippen LogP contribution in [-0.4, -0.2) is 34.9 Å². The zero-order valence-electron chi connectivity index (χ0n) is 14.7. The van der Waals surface area contributed by atoms with E-state index >= 15 is 0 Å². The predicted octanol–water partition coefficient (Wildman–Crippen LogP) is 3.05. The Morgan fingerprint density at radius 1 is 1.08 bits per heavy atom. The van der Waals surface area contributed by atoms with Crippen molar-refractivity contribution in [1.82, 2.24) is 14.3 Å². The third-order valence-electron chi connectivity index (χ3n) is 4.36. The monoisotopic (exact) mass is 322 g/mol. The maximum Gasteiger partial charge on any atom is 0.137 e. The summed E-state index contributed by atoms with van der Waals surface area (Å²) in [6.45, 7) is 2.97. The van der Waals surface area contributed by atoms with Gasteiger partial charge in [0.1, 0.15) is 5.65 Å². The number of hydrogen-bond donors (Lipinski definition) is 1. The Bertz CT molecular complexity index is 802. The molecule has 0 aliphatic rings. The van der Waals surface area contributed by atoms with E-state index in [1.165, 1.54) is 11.1 Å². The maximum atomic E-state index is 6.50. The summed E-state index contributed by atoms with van der Waals surface area (Å²) in [5.41, 5.74) is 12.3. The number of nitrogens with two attached hydrogens (primary N) is 1. The lowest BCUT2D eigenvalue weighted by Gasteiger charge is -2.18. The number of aromatic nitrogens is 2.